The second-order valence-electron chi connectivity index (χ2n) is 8.17. The van der Waals surface area contributed by atoms with Crippen LogP contribution in [0.25, 0.3) is 0 Å². The lowest BCUT2D eigenvalue weighted by atomic mass is 10.1. The summed E-state index contributed by atoms with van der Waals surface area (Å²) in [6.07, 6.45) is -3.90. The van der Waals surface area contributed by atoms with Crippen molar-refractivity contribution in [1.82, 2.24) is 19.4 Å². The zero-order chi connectivity index (χ0) is 22.9. The summed E-state index contributed by atoms with van der Waals surface area (Å²) in [4.78, 5) is 23.9. The topological polar surface area (TPSA) is 53.8 Å². The second kappa shape index (κ2) is 9.21. The molecule has 1 aromatic carbocycles. The number of halogens is 3. The molecule has 32 heavy (non-hydrogen) atoms. The lowest BCUT2D eigenvalue weighted by molar-refractivity contribution is -0.137. The van der Waals surface area contributed by atoms with E-state index in [-0.39, 0.29) is 5.56 Å². The number of benzene rings is 1. The number of nitrogens with zero attached hydrogens (tertiary/aromatic N) is 5. The van der Waals surface area contributed by atoms with Crippen molar-refractivity contribution in [3.05, 3.63) is 51.4 Å². The maximum absolute atomic E-state index is 13.3. The van der Waals surface area contributed by atoms with E-state index in [1.54, 1.807) is 22.5 Å². The largest absolute Gasteiger partial charge is 0.416 e. The normalized spacial score (nSPS) is 18.1. The minimum Gasteiger partial charge on any atom is -0.379 e. The Morgan fingerprint density at radius 1 is 1.09 bits per heavy atom. The fraction of sp³-hybridized carbons (Fsp3) is 0.545. The molecule has 2 aliphatic heterocycles. The Morgan fingerprint density at radius 2 is 1.81 bits per heavy atom. The van der Waals surface area contributed by atoms with Crippen LogP contribution in [0.3, 0.4) is 0 Å². The van der Waals surface area contributed by atoms with Crippen molar-refractivity contribution in [3.63, 3.8) is 0 Å². The molecule has 0 unspecified atom stereocenters. The minimum absolute atomic E-state index is 0.136. The summed E-state index contributed by atoms with van der Waals surface area (Å²) >= 11 is 0. The smallest absolute Gasteiger partial charge is 0.379 e. The Bertz CT molecular complexity index is 1020. The van der Waals surface area contributed by atoms with Gasteiger partial charge in [0.25, 0.3) is 5.56 Å². The molecule has 7 nitrogen and oxygen atoms in total. The lowest BCUT2D eigenvalue weighted by Gasteiger charge is -2.39. The summed E-state index contributed by atoms with van der Waals surface area (Å²) in [6, 6.07) is 5.18. The summed E-state index contributed by atoms with van der Waals surface area (Å²) in [5.74, 6) is 0.381. The van der Waals surface area contributed by atoms with E-state index in [1.807, 2.05) is 6.92 Å². The number of fused-ring (bicyclic) bond motifs is 1. The van der Waals surface area contributed by atoms with Crippen LogP contribution in [0.15, 0.2) is 29.1 Å². The third kappa shape index (κ3) is 4.67. The number of hydrogen-bond donors (Lipinski definition) is 0. The first-order valence-corrected chi connectivity index (χ1v) is 10.9. The highest BCUT2D eigenvalue weighted by Crippen LogP contribution is 2.34. The van der Waals surface area contributed by atoms with Crippen LogP contribution < -0.4 is 10.5 Å². The van der Waals surface area contributed by atoms with Gasteiger partial charge in [0.2, 0.25) is 5.95 Å². The molecule has 0 atom stereocenters. The molecule has 2 aliphatic rings. The number of morpholine rings is 1. The first-order chi connectivity index (χ1) is 15.3. The average molecular weight is 451 g/mol. The Labute approximate surface area is 185 Å². The molecule has 174 valence electrons. The quantitative estimate of drug-likeness (QED) is 0.697. The number of alkyl halides is 3. The number of ether oxygens (including phenoxy) is 1. The van der Waals surface area contributed by atoms with Gasteiger partial charge < -0.3 is 4.74 Å². The molecule has 10 heteroatoms. The van der Waals surface area contributed by atoms with Crippen LogP contribution in [-0.4, -0.2) is 65.4 Å². The van der Waals surface area contributed by atoms with Gasteiger partial charge in [0.1, 0.15) is 0 Å². The van der Waals surface area contributed by atoms with Crippen LogP contribution in [0.2, 0.25) is 0 Å². The molecule has 2 aromatic rings. The van der Waals surface area contributed by atoms with Crippen LogP contribution >= 0.6 is 0 Å². The predicted molar refractivity (Wildman–Crippen MR) is 115 cm³/mol. The summed E-state index contributed by atoms with van der Waals surface area (Å²) in [7, 11) is 0. The van der Waals surface area contributed by atoms with E-state index >= 15 is 0 Å². The van der Waals surface area contributed by atoms with Crippen LogP contribution in [-0.2, 0) is 24.0 Å². The molecular weight excluding hydrogens is 423 g/mol. The molecule has 0 saturated carbocycles. The van der Waals surface area contributed by atoms with Gasteiger partial charge in [-0.3, -0.25) is 24.1 Å². The first kappa shape index (κ1) is 22.8. The van der Waals surface area contributed by atoms with Crippen molar-refractivity contribution in [2.75, 3.05) is 51.0 Å². The summed E-state index contributed by atoms with van der Waals surface area (Å²) in [6.45, 7) is 8.95. The van der Waals surface area contributed by atoms with Crippen LogP contribution in [0, 0.1) is 6.92 Å². The standard InChI is InChI=1S/C22H28F3N5O2/c1-3-19-16(2)26-21-29(18-6-4-5-17(13-18)22(23,24)25)14-28(15-30(21)20(19)31)8-7-27-9-11-32-12-10-27/h4-6,13H,3,7-12,14-15H2,1-2H3. The highest BCUT2D eigenvalue weighted by atomic mass is 19.4. The van der Waals surface area contributed by atoms with Crippen molar-refractivity contribution >= 4 is 11.6 Å². The molecule has 3 heterocycles. The SMILES string of the molecule is CCc1c(C)nc2n(c1=O)CN(CCN1CCOCC1)CN2c1cccc(C(F)(F)F)c1. The third-order valence-corrected chi connectivity index (χ3v) is 6.05. The van der Waals surface area contributed by atoms with Gasteiger partial charge in [-0.15, -0.1) is 0 Å². The zero-order valence-electron chi connectivity index (χ0n) is 18.4. The van der Waals surface area contributed by atoms with Gasteiger partial charge in [0.15, 0.2) is 0 Å². The van der Waals surface area contributed by atoms with Crippen molar-refractivity contribution in [2.24, 2.45) is 0 Å². The zero-order valence-corrected chi connectivity index (χ0v) is 18.4. The highest BCUT2D eigenvalue weighted by Gasteiger charge is 2.33. The summed E-state index contributed by atoms with van der Waals surface area (Å²) in [5.41, 5.74) is 0.745. The Balaban J connectivity index is 1.69. The summed E-state index contributed by atoms with van der Waals surface area (Å²) < 4.78 is 47.0. The van der Waals surface area contributed by atoms with Gasteiger partial charge in [-0.05, 0) is 31.5 Å². The van der Waals surface area contributed by atoms with E-state index in [1.165, 1.54) is 6.07 Å². The van der Waals surface area contributed by atoms with Gasteiger partial charge >= 0.3 is 6.18 Å². The van der Waals surface area contributed by atoms with Gasteiger partial charge in [-0.2, -0.15) is 13.2 Å². The van der Waals surface area contributed by atoms with Gasteiger partial charge in [-0.25, -0.2) is 4.98 Å². The number of rotatable bonds is 5. The third-order valence-electron chi connectivity index (χ3n) is 6.05. The van der Waals surface area contributed by atoms with Crippen molar-refractivity contribution in [1.29, 1.82) is 0 Å². The minimum atomic E-state index is -4.45. The van der Waals surface area contributed by atoms with Crippen molar-refractivity contribution in [3.8, 4) is 0 Å². The second-order valence-corrected chi connectivity index (χ2v) is 8.17. The lowest BCUT2D eigenvalue weighted by Crippen LogP contribution is -2.50. The van der Waals surface area contributed by atoms with Gasteiger partial charge in [0.05, 0.1) is 32.1 Å². The summed E-state index contributed by atoms with van der Waals surface area (Å²) in [5, 5.41) is 0. The molecule has 1 aromatic heterocycles. The van der Waals surface area contributed by atoms with E-state index in [9.17, 15) is 18.0 Å². The highest BCUT2D eigenvalue weighted by molar-refractivity contribution is 5.59. The van der Waals surface area contributed by atoms with Crippen molar-refractivity contribution < 1.29 is 17.9 Å². The van der Waals surface area contributed by atoms with E-state index in [0.29, 0.717) is 62.4 Å². The molecule has 1 fully saturated rings. The fourth-order valence-electron chi connectivity index (χ4n) is 4.23. The molecule has 0 bridgehead atoms. The maximum Gasteiger partial charge on any atom is 0.416 e. The molecule has 4 rings (SSSR count). The van der Waals surface area contributed by atoms with Crippen LogP contribution in [0.5, 0.6) is 0 Å². The molecule has 0 radical (unpaired) electrons. The Hall–Kier alpha value is -2.43. The molecule has 0 N–H and O–H groups in total. The number of anilines is 2. The molecular formula is C22H28F3N5O2. The van der Waals surface area contributed by atoms with Crippen LogP contribution in [0.4, 0.5) is 24.8 Å². The Morgan fingerprint density at radius 3 is 2.50 bits per heavy atom. The predicted octanol–water partition coefficient (Wildman–Crippen LogP) is 2.83. The maximum atomic E-state index is 13.3. The molecule has 0 amide bonds. The number of hydrogen-bond acceptors (Lipinski definition) is 6. The van der Waals surface area contributed by atoms with Crippen LogP contribution in [0.1, 0.15) is 23.7 Å². The number of aromatic nitrogens is 2. The molecule has 0 aliphatic carbocycles. The number of aryl methyl sites for hydroxylation is 1. The van der Waals surface area contributed by atoms with E-state index in [0.717, 1.165) is 31.8 Å². The van der Waals surface area contributed by atoms with Gasteiger partial charge in [-0.1, -0.05) is 13.0 Å². The molecule has 1 saturated heterocycles. The van der Waals surface area contributed by atoms with Gasteiger partial charge in [0, 0.05) is 43.1 Å². The average Bonchev–Trinajstić information content (AvgIpc) is 2.78. The van der Waals surface area contributed by atoms with E-state index < -0.39 is 11.7 Å². The first-order valence-electron chi connectivity index (χ1n) is 10.9. The monoisotopic (exact) mass is 451 g/mol. The fourth-order valence-corrected chi connectivity index (χ4v) is 4.23. The van der Waals surface area contributed by atoms with E-state index in [4.69, 9.17) is 4.74 Å². The molecule has 0 spiro atoms. The van der Waals surface area contributed by atoms with Crippen molar-refractivity contribution in [2.45, 2.75) is 33.1 Å². The Kier molecular flexibility index (Phi) is 6.55. The van der Waals surface area contributed by atoms with E-state index in [2.05, 4.69) is 14.8 Å².